The smallest absolute Gasteiger partial charge is 0.152 e. The van der Waals surface area contributed by atoms with Crippen molar-refractivity contribution in [2.75, 3.05) is 6.61 Å². The van der Waals surface area contributed by atoms with Crippen LogP contribution in [0.1, 0.15) is 56.5 Å². The molecule has 3 rings (SSSR count). The molecule has 1 aliphatic heterocycles. The SMILES string of the molecule is C[C@@H]1CCCc2nn(C3OCC[C@@H]3C)cc21. The summed E-state index contributed by atoms with van der Waals surface area (Å²) in [5.41, 5.74) is 2.76. The summed E-state index contributed by atoms with van der Waals surface area (Å²) in [6, 6.07) is 0. The minimum absolute atomic E-state index is 0.179. The van der Waals surface area contributed by atoms with E-state index in [0.717, 1.165) is 19.4 Å². The predicted molar refractivity (Wildman–Crippen MR) is 62.4 cm³/mol. The molecular formula is C13H20N2O. The van der Waals surface area contributed by atoms with Gasteiger partial charge < -0.3 is 4.74 Å². The van der Waals surface area contributed by atoms with Crippen molar-refractivity contribution in [3.63, 3.8) is 0 Å². The lowest BCUT2D eigenvalue weighted by Crippen LogP contribution is -2.14. The Labute approximate surface area is 96.8 Å². The Hall–Kier alpha value is -0.830. The zero-order chi connectivity index (χ0) is 11.1. The standard InChI is InChI=1S/C13H20N2O/c1-9-4-3-5-12-11(9)8-15(14-12)13-10(2)6-7-16-13/h8-10,13H,3-7H2,1-2H3/t9-,10+,13?/m1/s1. The maximum atomic E-state index is 5.76. The third-order valence-corrected chi connectivity index (χ3v) is 4.03. The molecule has 2 heterocycles. The van der Waals surface area contributed by atoms with Crippen LogP contribution in [-0.4, -0.2) is 16.4 Å². The van der Waals surface area contributed by atoms with Gasteiger partial charge in [-0.05, 0) is 37.2 Å². The summed E-state index contributed by atoms with van der Waals surface area (Å²) in [5, 5.41) is 4.73. The number of fused-ring (bicyclic) bond motifs is 1. The zero-order valence-electron chi connectivity index (χ0n) is 10.1. The highest BCUT2D eigenvalue weighted by Gasteiger charge is 2.29. The summed E-state index contributed by atoms with van der Waals surface area (Å²) in [6.07, 6.45) is 7.30. The van der Waals surface area contributed by atoms with Crippen LogP contribution in [0.15, 0.2) is 6.20 Å². The van der Waals surface area contributed by atoms with Crippen LogP contribution >= 0.6 is 0 Å². The molecule has 3 atom stereocenters. The number of hydrogen-bond acceptors (Lipinski definition) is 2. The molecule has 88 valence electrons. The lowest BCUT2D eigenvalue weighted by Gasteiger charge is -2.16. The molecule has 1 fully saturated rings. The van der Waals surface area contributed by atoms with E-state index in [4.69, 9.17) is 9.84 Å². The van der Waals surface area contributed by atoms with Crippen LogP contribution in [0.5, 0.6) is 0 Å². The van der Waals surface area contributed by atoms with Gasteiger partial charge in [0, 0.05) is 18.7 Å². The van der Waals surface area contributed by atoms with Crippen molar-refractivity contribution in [1.82, 2.24) is 9.78 Å². The summed E-state index contributed by atoms with van der Waals surface area (Å²) in [6.45, 7) is 5.44. The largest absolute Gasteiger partial charge is 0.356 e. The number of hydrogen-bond donors (Lipinski definition) is 0. The van der Waals surface area contributed by atoms with E-state index in [2.05, 4.69) is 24.7 Å². The molecule has 16 heavy (non-hydrogen) atoms. The molecule has 0 radical (unpaired) electrons. The molecule has 1 unspecified atom stereocenters. The maximum Gasteiger partial charge on any atom is 0.152 e. The molecule has 0 amide bonds. The van der Waals surface area contributed by atoms with E-state index in [9.17, 15) is 0 Å². The number of ether oxygens (including phenoxy) is 1. The predicted octanol–water partition coefficient (Wildman–Crippen LogP) is 2.88. The van der Waals surface area contributed by atoms with Gasteiger partial charge in [-0.15, -0.1) is 0 Å². The van der Waals surface area contributed by atoms with Crippen molar-refractivity contribution in [1.29, 1.82) is 0 Å². The molecule has 0 saturated carbocycles. The van der Waals surface area contributed by atoms with E-state index >= 15 is 0 Å². The average Bonchev–Trinajstić information content (AvgIpc) is 2.84. The fourth-order valence-electron chi connectivity index (χ4n) is 2.93. The molecule has 0 spiro atoms. The van der Waals surface area contributed by atoms with E-state index in [-0.39, 0.29) is 6.23 Å². The van der Waals surface area contributed by atoms with Gasteiger partial charge in [0.1, 0.15) is 0 Å². The maximum absolute atomic E-state index is 5.76. The second kappa shape index (κ2) is 3.88. The van der Waals surface area contributed by atoms with E-state index in [1.165, 1.54) is 24.1 Å². The van der Waals surface area contributed by atoms with Crippen LogP contribution in [0.25, 0.3) is 0 Å². The normalized spacial score (nSPS) is 34.0. The van der Waals surface area contributed by atoms with Gasteiger partial charge in [0.15, 0.2) is 6.23 Å². The lowest BCUT2D eigenvalue weighted by molar-refractivity contribution is 0.0264. The molecular weight excluding hydrogens is 200 g/mol. The molecule has 1 aromatic rings. The average molecular weight is 220 g/mol. The Bertz CT molecular complexity index is 385. The van der Waals surface area contributed by atoms with Crippen LogP contribution in [0.3, 0.4) is 0 Å². The molecule has 1 aliphatic carbocycles. The van der Waals surface area contributed by atoms with Crippen molar-refractivity contribution >= 4 is 0 Å². The minimum Gasteiger partial charge on any atom is -0.356 e. The summed E-state index contributed by atoms with van der Waals surface area (Å²) in [7, 11) is 0. The Balaban J connectivity index is 1.91. The molecule has 2 aliphatic rings. The Kier molecular flexibility index (Phi) is 2.51. The van der Waals surface area contributed by atoms with Gasteiger partial charge >= 0.3 is 0 Å². The summed E-state index contributed by atoms with van der Waals surface area (Å²) < 4.78 is 7.84. The van der Waals surface area contributed by atoms with Gasteiger partial charge in [0.25, 0.3) is 0 Å². The quantitative estimate of drug-likeness (QED) is 0.727. The van der Waals surface area contributed by atoms with Crippen molar-refractivity contribution < 1.29 is 4.74 Å². The monoisotopic (exact) mass is 220 g/mol. The van der Waals surface area contributed by atoms with Crippen molar-refractivity contribution in [2.24, 2.45) is 5.92 Å². The third-order valence-electron chi connectivity index (χ3n) is 4.03. The number of rotatable bonds is 1. The topological polar surface area (TPSA) is 27.1 Å². The van der Waals surface area contributed by atoms with Crippen LogP contribution in [0.4, 0.5) is 0 Å². The highest BCUT2D eigenvalue weighted by molar-refractivity contribution is 5.24. The fourth-order valence-corrected chi connectivity index (χ4v) is 2.93. The van der Waals surface area contributed by atoms with E-state index in [1.54, 1.807) is 0 Å². The first kappa shape index (κ1) is 10.3. The summed E-state index contributed by atoms with van der Waals surface area (Å²) in [5.74, 6) is 1.27. The molecule has 3 heteroatoms. The second-order valence-corrected chi connectivity index (χ2v) is 5.33. The first-order chi connectivity index (χ1) is 7.75. The molecule has 0 aromatic carbocycles. The number of aromatic nitrogens is 2. The van der Waals surface area contributed by atoms with Crippen LogP contribution in [0, 0.1) is 5.92 Å². The van der Waals surface area contributed by atoms with Crippen LogP contribution in [-0.2, 0) is 11.2 Å². The highest BCUT2D eigenvalue weighted by Crippen LogP contribution is 2.34. The number of aryl methyl sites for hydroxylation is 1. The Morgan fingerprint density at radius 1 is 1.38 bits per heavy atom. The molecule has 1 aromatic heterocycles. The Morgan fingerprint density at radius 2 is 2.25 bits per heavy atom. The van der Waals surface area contributed by atoms with Gasteiger partial charge in [-0.25, -0.2) is 4.68 Å². The molecule has 3 nitrogen and oxygen atoms in total. The van der Waals surface area contributed by atoms with Gasteiger partial charge in [-0.2, -0.15) is 5.10 Å². The fraction of sp³-hybridized carbons (Fsp3) is 0.769. The molecule has 0 N–H and O–H groups in total. The van der Waals surface area contributed by atoms with Crippen molar-refractivity contribution in [3.8, 4) is 0 Å². The zero-order valence-corrected chi connectivity index (χ0v) is 10.1. The van der Waals surface area contributed by atoms with Gasteiger partial charge in [-0.1, -0.05) is 13.8 Å². The van der Waals surface area contributed by atoms with Gasteiger partial charge in [-0.3, -0.25) is 0 Å². The summed E-state index contributed by atoms with van der Waals surface area (Å²) in [4.78, 5) is 0. The van der Waals surface area contributed by atoms with Gasteiger partial charge in [0.05, 0.1) is 5.69 Å². The highest BCUT2D eigenvalue weighted by atomic mass is 16.5. The van der Waals surface area contributed by atoms with Crippen molar-refractivity contribution in [2.45, 2.75) is 51.7 Å². The van der Waals surface area contributed by atoms with Crippen molar-refractivity contribution in [3.05, 3.63) is 17.5 Å². The van der Waals surface area contributed by atoms with E-state index < -0.39 is 0 Å². The summed E-state index contributed by atoms with van der Waals surface area (Å²) >= 11 is 0. The van der Waals surface area contributed by atoms with Crippen LogP contribution < -0.4 is 0 Å². The first-order valence-electron chi connectivity index (χ1n) is 6.45. The second-order valence-electron chi connectivity index (χ2n) is 5.33. The molecule has 1 saturated heterocycles. The van der Waals surface area contributed by atoms with Gasteiger partial charge in [0.2, 0.25) is 0 Å². The molecule has 0 bridgehead atoms. The van der Waals surface area contributed by atoms with E-state index in [1.807, 2.05) is 0 Å². The van der Waals surface area contributed by atoms with Crippen LogP contribution in [0.2, 0.25) is 0 Å². The first-order valence-corrected chi connectivity index (χ1v) is 6.45. The third kappa shape index (κ3) is 1.58. The Morgan fingerprint density at radius 3 is 2.94 bits per heavy atom. The lowest BCUT2D eigenvalue weighted by atomic mass is 9.89. The minimum atomic E-state index is 0.179. The van der Waals surface area contributed by atoms with E-state index in [0.29, 0.717) is 11.8 Å². The number of nitrogens with zero attached hydrogens (tertiary/aromatic N) is 2.